The molecule has 3 fully saturated rings. The summed E-state index contributed by atoms with van der Waals surface area (Å²) in [7, 11) is 0. The Labute approximate surface area is 141 Å². The Morgan fingerprint density at radius 3 is 2.48 bits per heavy atom. The molecule has 1 amide bonds. The number of piperidine rings is 1. The summed E-state index contributed by atoms with van der Waals surface area (Å²) < 4.78 is 5.55. The first-order chi connectivity index (χ1) is 11.3. The van der Waals surface area contributed by atoms with Crippen molar-refractivity contribution in [1.29, 1.82) is 0 Å². The van der Waals surface area contributed by atoms with E-state index in [0.29, 0.717) is 11.8 Å². The maximum atomic E-state index is 13.1. The van der Waals surface area contributed by atoms with Gasteiger partial charge in [0, 0.05) is 19.8 Å². The van der Waals surface area contributed by atoms with Crippen LogP contribution < -0.4 is 5.32 Å². The number of amides is 1. The van der Waals surface area contributed by atoms with Crippen molar-refractivity contribution in [3.05, 3.63) is 0 Å². The lowest BCUT2D eigenvalue weighted by atomic mass is 9.78. The summed E-state index contributed by atoms with van der Waals surface area (Å²) in [4.78, 5) is 15.6. The van der Waals surface area contributed by atoms with E-state index in [0.717, 1.165) is 52.1 Å². The molecule has 0 bridgehead atoms. The molecule has 0 spiro atoms. The van der Waals surface area contributed by atoms with Gasteiger partial charge in [-0.05, 0) is 64.0 Å². The summed E-state index contributed by atoms with van der Waals surface area (Å²) in [6, 6.07) is 0. The van der Waals surface area contributed by atoms with Crippen LogP contribution in [0.15, 0.2) is 0 Å². The Kier molecular flexibility index (Phi) is 6.35. The maximum absolute atomic E-state index is 13.1. The highest BCUT2D eigenvalue weighted by Gasteiger charge is 2.44. The fourth-order valence-corrected chi connectivity index (χ4v) is 4.73. The first-order valence-corrected chi connectivity index (χ1v) is 9.92. The Hall–Kier alpha value is -0.610. The summed E-state index contributed by atoms with van der Waals surface area (Å²) in [5.41, 5.74) is -0.193. The molecule has 1 aliphatic carbocycles. The fourth-order valence-electron chi connectivity index (χ4n) is 4.73. The average Bonchev–Trinajstić information content (AvgIpc) is 2.64. The lowest BCUT2D eigenvalue weighted by molar-refractivity contribution is -0.137. The first-order valence-electron chi connectivity index (χ1n) is 9.92. The van der Waals surface area contributed by atoms with Crippen LogP contribution in [0.3, 0.4) is 0 Å². The number of hydrogen-bond donors (Lipinski definition) is 1. The van der Waals surface area contributed by atoms with Crippen molar-refractivity contribution in [2.24, 2.45) is 5.92 Å². The molecule has 23 heavy (non-hydrogen) atoms. The van der Waals surface area contributed by atoms with Crippen LogP contribution in [0.4, 0.5) is 0 Å². The SMILES string of the molecule is O=C(NCCC1CCCOC1)C1(N2CCCCC2)CCCCC1. The summed E-state index contributed by atoms with van der Waals surface area (Å²) >= 11 is 0. The van der Waals surface area contributed by atoms with E-state index in [-0.39, 0.29) is 5.54 Å². The molecule has 1 atom stereocenters. The molecule has 2 heterocycles. The molecule has 0 radical (unpaired) electrons. The van der Waals surface area contributed by atoms with Gasteiger partial charge in [0.15, 0.2) is 0 Å². The molecule has 3 aliphatic rings. The number of hydrogen-bond acceptors (Lipinski definition) is 3. The Morgan fingerprint density at radius 1 is 1.04 bits per heavy atom. The quantitative estimate of drug-likeness (QED) is 0.845. The smallest absolute Gasteiger partial charge is 0.240 e. The van der Waals surface area contributed by atoms with Crippen LogP contribution in [-0.2, 0) is 9.53 Å². The van der Waals surface area contributed by atoms with Crippen molar-refractivity contribution in [3.8, 4) is 0 Å². The molecule has 132 valence electrons. The molecule has 1 N–H and O–H groups in total. The highest BCUT2D eigenvalue weighted by atomic mass is 16.5. The Bertz CT molecular complexity index is 368. The number of rotatable bonds is 5. The lowest BCUT2D eigenvalue weighted by Gasteiger charge is -2.46. The Balaban J connectivity index is 1.54. The van der Waals surface area contributed by atoms with Crippen molar-refractivity contribution in [3.63, 3.8) is 0 Å². The Morgan fingerprint density at radius 2 is 1.78 bits per heavy atom. The van der Waals surface area contributed by atoms with Crippen molar-refractivity contribution >= 4 is 5.91 Å². The zero-order valence-electron chi connectivity index (χ0n) is 14.7. The maximum Gasteiger partial charge on any atom is 0.240 e. The topological polar surface area (TPSA) is 41.6 Å². The highest BCUT2D eigenvalue weighted by Crippen LogP contribution is 2.35. The van der Waals surface area contributed by atoms with Gasteiger partial charge in [-0.15, -0.1) is 0 Å². The predicted molar refractivity (Wildman–Crippen MR) is 92.4 cm³/mol. The van der Waals surface area contributed by atoms with Crippen molar-refractivity contribution in [2.75, 3.05) is 32.8 Å². The minimum atomic E-state index is -0.193. The van der Waals surface area contributed by atoms with Crippen LogP contribution in [0.1, 0.15) is 70.6 Å². The lowest BCUT2D eigenvalue weighted by Crippen LogP contribution is -2.61. The number of carbonyl (C=O) groups is 1. The van der Waals surface area contributed by atoms with Gasteiger partial charge >= 0.3 is 0 Å². The van der Waals surface area contributed by atoms with Crippen LogP contribution in [0, 0.1) is 5.92 Å². The third kappa shape index (κ3) is 4.27. The van der Waals surface area contributed by atoms with Crippen LogP contribution in [0.2, 0.25) is 0 Å². The zero-order valence-corrected chi connectivity index (χ0v) is 14.7. The van der Waals surface area contributed by atoms with Crippen LogP contribution >= 0.6 is 0 Å². The molecule has 0 aromatic rings. The number of carbonyl (C=O) groups excluding carboxylic acids is 1. The largest absolute Gasteiger partial charge is 0.381 e. The van der Waals surface area contributed by atoms with Gasteiger partial charge in [-0.1, -0.05) is 25.7 Å². The second kappa shape index (κ2) is 8.48. The van der Waals surface area contributed by atoms with E-state index in [1.807, 2.05) is 0 Å². The molecule has 1 saturated carbocycles. The van der Waals surface area contributed by atoms with Crippen molar-refractivity contribution in [2.45, 2.75) is 76.2 Å². The van der Waals surface area contributed by atoms with Gasteiger partial charge in [0.1, 0.15) is 5.54 Å². The molecule has 1 unspecified atom stereocenters. The molecule has 2 aliphatic heterocycles. The summed E-state index contributed by atoms with van der Waals surface area (Å²) in [5, 5.41) is 3.30. The predicted octanol–water partition coefficient (Wildman–Crippen LogP) is 3.11. The first kappa shape index (κ1) is 17.2. The molecular weight excluding hydrogens is 288 g/mol. The van der Waals surface area contributed by atoms with Crippen LogP contribution in [0.5, 0.6) is 0 Å². The summed E-state index contributed by atoms with van der Waals surface area (Å²) in [6.45, 7) is 4.85. The van der Waals surface area contributed by atoms with E-state index in [1.54, 1.807) is 0 Å². The van der Waals surface area contributed by atoms with Gasteiger partial charge < -0.3 is 10.1 Å². The fraction of sp³-hybridized carbons (Fsp3) is 0.947. The molecule has 0 aromatic carbocycles. The number of nitrogens with one attached hydrogen (secondary N) is 1. The van der Waals surface area contributed by atoms with E-state index in [9.17, 15) is 4.79 Å². The standard InChI is InChI=1S/C19H34N2O2/c22-18(20-12-9-17-8-7-15-23-16-17)19(10-3-1-4-11-19)21-13-5-2-6-14-21/h17H,1-16H2,(H,20,22). The molecule has 4 heteroatoms. The zero-order chi connectivity index (χ0) is 16.0. The van der Waals surface area contributed by atoms with Gasteiger partial charge in [0.2, 0.25) is 5.91 Å². The van der Waals surface area contributed by atoms with E-state index >= 15 is 0 Å². The average molecular weight is 322 g/mol. The summed E-state index contributed by atoms with van der Waals surface area (Å²) in [6.07, 6.45) is 13.2. The van der Waals surface area contributed by atoms with Gasteiger partial charge in [-0.2, -0.15) is 0 Å². The van der Waals surface area contributed by atoms with Crippen molar-refractivity contribution < 1.29 is 9.53 Å². The van der Waals surface area contributed by atoms with Crippen LogP contribution in [0.25, 0.3) is 0 Å². The van der Waals surface area contributed by atoms with E-state index in [4.69, 9.17) is 4.74 Å². The normalized spacial score (nSPS) is 29.1. The van der Waals surface area contributed by atoms with E-state index in [1.165, 1.54) is 51.4 Å². The molecule has 3 rings (SSSR count). The van der Waals surface area contributed by atoms with E-state index in [2.05, 4.69) is 10.2 Å². The molecule has 0 aromatic heterocycles. The van der Waals surface area contributed by atoms with Gasteiger partial charge in [-0.3, -0.25) is 9.69 Å². The number of ether oxygens (including phenoxy) is 1. The van der Waals surface area contributed by atoms with E-state index < -0.39 is 0 Å². The molecule has 4 nitrogen and oxygen atoms in total. The van der Waals surface area contributed by atoms with Crippen molar-refractivity contribution in [1.82, 2.24) is 10.2 Å². The monoisotopic (exact) mass is 322 g/mol. The van der Waals surface area contributed by atoms with Gasteiger partial charge in [-0.25, -0.2) is 0 Å². The molecule has 2 saturated heterocycles. The summed E-state index contributed by atoms with van der Waals surface area (Å²) in [5.74, 6) is 0.956. The van der Waals surface area contributed by atoms with Crippen LogP contribution in [-0.4, -0.2) is 49.2 Å². The minimum Gasteiger partial charge on any atom is -0.381 e. The van der Waals surface area contributed by atoms with Gasteiger partial charge in [0.25, 0.3) is 0 Å². The highest BCUT2D eigenvalue weighted by molar-refractivity contribution is 5.86. The number of nitrogens with zero attached hydrogens (tertiary/aromatic N) is 1. The second-order valence-electron chi connectivity index (χ2n) is 7.77. The molecular formula is C19H34N2O2. The third-order valence-corrected chi connectivity index (χ3v) is 6.16. The van der Waals surface area contributed by atoms with Gasteiger partial charge in [0.05, 0.1) is 0 Å². The number of likely N-dealkylation sites (tertiary alicyclic amines) is 1. The minimum absolute atomic E-state index is 0.193. The second-order valence-corrected chi connectivity index (χ2v) is 7.77. The third-order valence-electron chi connectivity index (χ3n) is 6.16.